The van der Waals surface area contributed by atoms with E-state index < -0.39 is 53.0 Å². The van der Waals surface area contributed by atoms with Gasteiger partial charge in [-0.1, -0.05) is 140 Å². The summed E-state index contributed by atoms with van der Waals surface area (Å²) in [6, 6.07) is 58.5. The molecule has 0 aliphatic carbocycles. The molecule has 12 rings (SSSR count). The second-order valence-electron chi connectivity index (χ2n) is 23.5. The standard InChI is InChI=1S/C26H23F3N2O2.C26H21F3N2O2.C25H22F3N3O3S/c2*1-16(32)21-5-3-4-6-22(21)19-10-13-23-24(15-19)31-25(30-23)14-9-18-7-11-20(12-8-18)33-17(2)26(27,28)29;1-16(25(26,27)28)34-19-11-7-17(8-12-19)9-14-24-29-22-13-10-18(15-23(22)30-24)20-5-3-4-6-21(20)31-35(2,32)33/h3-17,32H,1-2H3,(H,30,31);3-15,17H,1-2H3,(H,30,31);3-16,31H,1-2H3,(H,29,30)/b3*14-9+. The molecule has 0 saturated heterocycles. The lowest BCUT2D eigenvalue weighted by Gasteiger charge is -2.17. The van der Waals surface area contributed by atoms with Crippen molar-refractivity contribution in [3.63, 3.8) is 0 Å². The number of aromatic nitrogens is 6. The lowest BCUT2D eigenvalue weighted by Crippen LogP contribution is -2.31. The second-order valence-corrected chi connectivity index (χ2v) is 25.2. The summed E-state index contributed by atoms with van der Waals surface area (Å²) < 4.78 is 154. The molecular weight excluding hydrogens is 1340 g/mol. The third-order valence-corrected chi connectivity index (χ3v) is 16.2. The van der Waals surface area contributed by atoms with Gasteiger partial charge in [0, 0.05) is 11.1 Å². The summed E-state index contributed by atoms with van der Waals surface area (Å²) in [5.41, 5.74) is 14.4. The number of hydrogen-bond acceptors (Lipinski definition) is 10. The number of nitrogens with zero attached hydrogens (tertiary/aromatic N) is 3. The largest absolute Gasteiger partial charge is 0.481 e. The molecule has 12 aromatic rings. The van der Waals surface area contributed by atoms with Crippen molar-refractivity contribution in [2.45, 2.75) is 77.6 Å². The number of anilines is 1. The van der Waals surface area contributed by atoms with Gasteiger partial charge in [0.15, 0.2) is 24.1 Å². The number of rotatable bonds is 19. The third kappa shape index (κ3) is 19.6. The number of H-pyrrole nitrogens is 3. The van der Waals surface area contributed by atoms with E-state index in [1.54, 1.807) is 92.8 Å². The first-order valence-corrected chi connectivity index (χ1v) is 33.3. The molecule has 14 nitrogen and oxygen atoms in total. The molecule has 3 aromatic heterocycles. The molecule has 4 unspecified atom stereocenters. The van der Waals surface area contributed by atoms with Crippen LogP contribution in [0.5, 0.6) is 17.2 Å². The molecule has 3 heterocycles. The molecule has 0 bridgehead atoms. The quantitative estimate of drug-likeness (QED) is 0.0384. The van der Waals surface area contributed by atoms with E-state index in [1.165, 1.54) is 36.4 Å². The number of aromatic amines is 3. The van der Waals surface area contributed by atoms with E-state index in [9.17, 15) is 57.8 Å². The smallest absolute Gasteiger partial charge is 0.425 e. The number of halogens is 9. The van der Waals surface area contributed by atoms with Gasteiger partial charge in [-0.15, -0.1) is 0 Å². The molecule has 0 aliphatic heterocycles. The zero-order chi connectivity index (χ0) is 72.4. The highest BCUT2D eigenvalue weighted by atomic mass is 32.2. The van der Waals surface area contributed by atoms with Gasteiger partial charge in [-0.25, -0.2) is 23.4 Å². The van der Waals surface area contributed by atoms with Gasteiger partial charge in [0.1, 0.15) is 34.7 Å². The number of ether oxygens (including phenoxy) is 3. The molecule has 0 fully saturated rings. The zero-order valence-electron chi connectivity index (χ0n) is 54.9. The van der Waals surface area contributed by atoms with Crippen molar-refractivity contribution in [1.29, 1.82) is 0 Å². The van der Waals surface area contributed by atoms with Gasteiger partial charge in [0.25, 0.3) is 0 Å². The fourth-order valence-electron chi connectivity index (χ4n) is 10.3. The Balaban J connectivity index is 0.000000163. The van der Waals surface area contributed by atoms with Crippen LogP contribution in [-0.2, 0) is 10.0 Å². The van der Waals surface area contributed by atoms with Crippen LogP contribution in [0, 0.1) is 0 Å². The zero-order valence-corrected chi connectivity index (χ0v) is 55.7. The number of para-hydroxylation sites is 1. The fourth-order valence-corrected chi connectivity index (χ4v) is 10.9. The van der Waals surface area contributed by atoms with Crippen molar-refractivity contribution in [3.8, 4) is 50.6 Å². The third-order valence-electron chi connectivity index (χ3n) is 15.6. The average molecular weight is 1400 g/mol. The van der Waals surface area contributed by atoms with E-state index in [2.05, 4.69) is 34.6 Å². The lowest BCUT2D eigenvalue weighted by atomic mass is 9.96. The molecule has 0 spiro atoms. The Morgan fingerprint density at radius 2 is 0.772 bits per heavy atom. The average Bonchev–Trinajstić information content (AvgIpc) is 1.73. The number of alkyl halides is 9. The Labute approximate surface area is 575 Å². The molecule has 0 amide bonds. The summed E-state index contributed by atoms with van der Waals surface area (Å²) in [6.45, 7) is 6.20. The number of carbonyl (C=O) groups excluding carboxylic acids is 1. The molecule has 9 aromatic carbocycles. The van der Waals surface area contributed by atoms with Crippen molar-refractivity contribution in [2.75, 3.05) is 11.0 Å². The highest BCUT2D eigenvalue weighted by Gasteiger charge is 2.39. The predicted molar refractivity (Wildman–Crippen MR) is 378 cm³/mol. The van der Waals surface area contributed by atoms with Crippen LogP contribution in [0.4, 0.5) is 45.2 Å². The molecule has 0 radical (unpaired) electrons. The SMILES string of the molecule is CC(=O)c1ccccc1-c1ccc2nc(/C=C/c3ccc(OC(C)C(F)(F)F)cc3)[nH]c2c1.CC(O)c1ccccc1-c1ccc2nc(/C=C/c3ccc(OC(C)C(F)(F)F)cc3)[nH]c2c1.CC(Oc1ccc(/C=C/c2nc3ccc(-c4ccccc4NS(C)(=O)=O)cc3[nH]2)cc1)C(F)(F)F. The van der Waals surface area contributed by atoms with Crippen LogP contribution in [0.1, 0.15) is 90.8 Å². The van der Waals surface area contributed by atoms with Crippen molar-refractivity contribution in [3.05, 3.63) is 245 Å². The number of aliphatic hydroxyl groups is 1. The molecule has 5 N–H and O–H groups in total. The summed E-state index contributed by atoms with van der Waals surface area (Å²) in [6.07, 6.45) is -7.60. The van der Waals surface area contributed by atoms with Gasteiger partial charge < -0.3 is 34.3 Å². The Bertz CT molecular complexity index is 5080. The minimum absolute atomic E-state index is 0.00297. The van der Waals surface area contributed by atoms with E-state index in [-0.39, 0.29) is 23.0 Å². The van der Waals surface area contributed by atoms with Crippen LogP contribution in [0.15, 0.2) is 200 Å². The number of fused-ring (bicyclic) bond motifs is 3. The number of aliphatic hydroxyl groups excluding tert-OH is 1. The van der Waals surface area contributed by atoms with Crippen molar-refractivity contribution in [2.24, 2.45) is 0 Å². The van der Waals surface area contributed by atoms with Gasteiger partial charge in [-0.2, -0.15) is 39.5 Å². The number of sulfonamides is 1. The molecule has 101 heavy (non-hydrogen) atoms. The first-order valence-electron chi connectivity index (χ1n) is 31.4. The number of Topliss-reactive ketones (excluding diaryl/α,β-unsaturated/α-hetero) is 1. The molecular formula is C77H66F9N7O7S. The molecule has 0 saturated carbocycles. The monoisotopic (exact) mass is 1400 g/mol. The van der Waals surface area contributed by atoms with E-state index in [4.69, 9.17) is 14.2 Å². The van der Waals surface area contributed by atoms with Gasteiger partial charge in [-0.3, -0.25) is 9.52 Å². The molecule has 520 valence electrons. The number of carbonyl (C=O) groups is 1. The first-order chi connectivity index (χ1) is 47.9. The van der Waals surface area contributed by atoms with Gasteiger partial charge in [0.2, 0.25) is 10.0 Å². The number of nitrogens with one attached hydrogen (secondary N) is 4. The Kier molecular flexibility index (Phi) is 22.2. The highest BCUT2D eigenvalue weighted by molar-refractivity contribution is 7.92. The van der Waals surface area contributed by atoms with Crippen LogP contribution in [-0.4, -0.2) is 92.3 Å². The Hall–Kier alpha value is -11.2. The van der Waals surface area contributed by atoms with E-state index in [0.29, 0.717) is 28.7 Å². The maximum Gasteiger partial charge on any atom is 0.425 e. The van der Waals surface area contributed by atoms with Gasteiger partial charge >= 0.3 is 18.5 Å². The van der Waals surface area contributed by atoms with Crippen molar-refractivity contribution in [1.82, 2.24) is 29.9 Å². The maximum atomic E-state index is 12.6. The van der Waals surface area contributed by atoms with Crippen LogP contribution in [0.25, 0.3) is 103 Å². The lowest BCUT2D eigenvalue weighted by molar-refractivity contribution is -0.189. The Morgan fingerprint density at radius 1 is 0.446 bits per heavy atom. The fraction of sp³-hybridized carbons (Fsp3) is 0.169. The number of benzene rings is 9. The summed E-state index contributed by atoms with van der Waals surface area (Å²) >= 11 is 0. The summed E-state index contributed by atoms with van der Waals surface area (Å²) in [4.78, 5) is 35.3. The number of hydrogen-bond donors (Lipinski definition) is 5. The second kappa shape index (κ2) is 30.9. The normalized spacial score (nSPS) is 13.4. The van der Waals surface area contributed by atoms with Crippen LogP contribution in [0.2, 0.25) is 0 Å². The molecule has 4 atom stereocenters. The Morgan fingerprint density at radius 3 is 1.13 bits per heavy atom. The van der Waals surface area contributed by atoms with Gasteiger partial charge in [0.05, 0.1) is 51.1 Å². The van der Waals surface area contributed by atoms with Gasteiger partial charge in [-0.05, 0) is 182 Å². The molecule has 24 heteroatoms. The van der Waals surface area contributed by atoms with Crippen molar-refractivity contribution >= 4 is 91.1 Å². The number of ketones is 1. The van der Waals surface area contributed by atoms with E-state index in [1.807, 2.05) is 121 Å². The van der Waals surface area contributed by atoms with E-state index >= 15 is 0 Å². The maximum absolute atomic E-state index is 12.6. The van der Waals surface area contributed by atoms with Crippen LogP contribution >= 0.6 is 0 Å². The minimum atomic E-state index is -4.42. The number of imidazole rings is 3. The topological polar surface area (TPSA) is 197 Å². The minimum Gasteiger partial charge on any atom is -0.481 e. The van der Waals surface area contributed by atoms with E-state index in [0.717, 1.165) is 116 Å². The summed E-state index contributed by atoms with van der Waals surface area (Å²) in [7, 11) is -3.43. The van der Waals surface area contributed by atoms with Crippen molar-refractivity contribution < 1.29 is 72.0 Å². The van der Waals surface area contributed by atoms with Crippen LogP contribution < -0.4 is 18.9 Å². The summed E-state index contributed by atoms with van der Waals surface area (Å²) in [5, 5.41) is 10.1. The summed E-state index contributed by atoms with van der Waals surface area (Å²) in [5.74, 6) is 2.32. The van der Waals surface area contributed by atoms with Crippen LogP contribution in [0.3, 0.4) is 0 Å². The molecule has 0 aliphatic rings. The first kappa shape index (κ1) is 72.5. The predicted octanol–water partition coefficient (Wildman–Crippen LogP) is 19.8. The highest BCUT2D eigenvalue weighted by Crippen LogP contribution is 2.35.